The van der Waals surface area contributed by atoms with Crippen LogP contribution < -0.4 is 5.32 Å². The lowest BCUT2D eigenvalue weighted by atomic mass is 10.1. The minimum atomic E-state index is 0.417. The fraction of sp³-hybridized carbons (Fsp3) is 0.600. The summed E-state index contributed by atoms with van der Waals surface area (Å²) >= 11 is 0. The maximum absolute atomic E-state index is 4.47. The molecular formula is C15H25N5. The minimum Gasteiger partial charge on any atom is -0.310 e. The number of aromatic nitrogens is 4. The van der Waals surface area contributed by atoms with Crippen LogP contribution in [0, 0.1) is 0 Å². The smallest absolute Gasteiger partial charge is 0.0537 e. The molecule has 0 aliphatic rings. The summed E-state index contributed by atoms with van der Waals surface area (Å²) in [6.45, 7) is 6.35. The van der Waals surface area contributed by atoms with Gasteiger partial charge in [0.1, 0.15) is 0 Å². The summed E-state index contributed by atoms with van der Waals surface area (Å²) in [5.41, 5.74) is 2.52. The van der Waals surface area contributed by atoms with Crippen LogP contribution >= 0.6 is 0 Å². The fourth-order valence-corrected chi connectivity index (χ4v) is 2.37. The van der Waals surface area contributed by atoms with E-state index in [1.807, 2.05) is 28.8 Å². The van der Waals surface area contributed by atoms with Crippen LogP contribution in [0.2, 0.25) is 0 Å². The van der Waals surface area contributed by atoms with Gasteiger partial charge in [-0.2, -0.15) is 10.2 Å². The van der Waals surface area contributed by atoms with Crippen molar-refractivity contribution in [2.75, 3.05) is 6.54 Å². The topological polar surface area (TPSA) is 47.7 Å². The van der Waals surface area contributed by atoms with Gasteiger partial charge in [-0.1, -0.05) is 13.8 Å². The first-order valence-corrected chi connectivity index (χ1v) is 7.47. The average Bonchev–Trinajstić information content (AvgIpc) is 3.07. The molecule has 5 nitrogen and oxygen atoms in total. The van der Waals surface area contributed by atoms with Gasteiger partial charge in [0.05, 0.1) is 6.20 Å². The van der Waals surface area contributed by atoms with Gasteiger partial charge in [-0.25, -0.2) is 0 Å². The van der Waals surface area contributed by atoms with E-state index in [0.29, 0.717) is 6.04 Å². The molecule has 0 saturated heterocycles. The van der Waals surface area contributed by atoms with Gasteiger partial charge < -0.3 is 5.32 Å². The van der Waals surface area contributed by atoms with E-state index in [1.54, 1.807) is 0 Å². The van der Waals surface area contributed by atoms with Crippen molar-refractivity contribution in [3.05, 3.63) is 35.9 Å². The zero-order chi connectivity index (χ0) is 14.4. The van der Waals surface area contributed by atoms with Gasteiger partial charge in [0.15, 0.2) is 0 Å². The zero-order valence-electron chi connectivity index (χ0n) is 12.7. The highest BCUT2D eigenvalue weighted by molar-refractivity contribution is 5.10. The third-order valence-corrected chi connectivity index (χ3v) is 3.62. The Hall–Kier alpha value is -1.62. The summed E-state index contributed by atoms with van der Waals surface area (Å²) < 4.78 is 3.95. The highest BCUT2D eigenvalue weighted by Gasteiger charge is 2.10. The number of nitrogens with one attached hydrogen (secondary N) is 1. The van der Waals surface area contributed by atoms with Crippen LogP contribution in [0.5, 0.6) is 0 Å². The summed E-state index contributed by atoms with van der Waals surface area (Å²) in [6, 6.07) is 2.47. The number of aryl methyl sites for hydroxylation is 3. The molecule has 0 fully saturated rings. The molecule has 0 radical (unpaired) electrons. The van der Waals surface area contributed by atoms with E-state index in [-0.39, 0.29) is 0 Å². The van der Waals surface area contributed by atoms with E-state index in [2.05, 4.69) is 41.6 Å². The van der Waals surface area contributed by atoms with Gasteiger partial charge in [0, 0.05) is 49.7 Å². The molecule has 0 bridgehead atoms. The van der Waals surface area contributed by atoms with Crippen molar-refractivity contribution in [1.29, 1.82) is 0 Å². The van der Waals surface area contributed by atoms with Crippen molar-refractivity contribution in [3.63, 3.8) is 0 Å². The van der Waals surface area contributed by atoms with E-state index in [9.17, 15) is 0 Å². The Morgan fingerprint density at radius 1 is 1.30 bits per heavy atom. The number of nitrogens with zero attached hydrogens (tertiary/aromatic N) is 4. The van der Waals surface area contributed by atoms with E-state index in [1.165, 1.54) is 11.3 Å². The van der Waals surface area contributed by atoms with Crippen molar-refractivity contribution in [2.24, 2.45) is 7.05 Å². The minimum absolute atomic E-state index is 0.417. The number of hydrogen-bond acceptors (Lipinski definition) is 3. The molecule has 1 unspecified atom stereocenters. The van der Waals surface area contributed by atoms with Gasteiger partial charge in [0.2, 0.25) is 0 Å². The molecule has 0 aromatic carbocycles. The van der Waals surface area contributed by atoms with Crippen molar-refractivity contribution >= 4 is 0 Å². The van der Waals surface area contributed by atoms with Gasteiger partial charge in [-0.05, 0) is 25.5 Å². The maximum Gasteiger partial charge on any atom is 0.0537 e. The van der Waals surface area contributed by atoms with Gasteiger partial charge >= 0.3 is 0 Å². The van der Waals surface area contributed by atoms with E-state index in [0.717, 1.165) is 32.4 Å². The summed E-state index contributed by atoms with van der Waals surface area (Å²) in [4.78, 5) is 0. The van der Waals surface area contributed by atoms with E-state index >= 15 is 0 Å². The van der Waals surface area contributed by atoms with Crippen molar-refractivity contribution in [1.82, 2.24) is 24.9 Å². The first kappa shape index (κ1) is 14.8. The lowest BCUT2D eigenvalue weighted by Crippen LogP contribution is -2.21. The lowest BCUT2D eigenvalue weighted by Gasteiger charge is -2.14. The van der Waals surface area contributed by atoms with Crippen LogP contribution in [-0.2, 0) is 20.0 Å². The normalized spacial score (nSPS) is 12.8. The van der Waals surface area contributed by atoms with Crippen molar-refractivity contribution < 1.29 is 0 Å². The molecule has 1 N–H and O–H groups in total. The summed E-state index contributed by atoms with van der Waals surface area (Å²) in [6.07, 6.45) is 9.19. The first-order valence-electron chi connectivity index (χ1n) is 7.47. The highest BCUT2D eigenvalue weighted by Crippen LogP contribution is 2.15. The second-order valence-electron chi connectivity index (χ2n) is 5.15. The Balaban J connectivity index is 1.92. The van der Waals surface area contributed by atoms with E-state index < -0.39 is 0 Å². The molecule has 2 aromatic rings. The largest absolute Gasteiger partial charge is 0.310 e. The highest BCUT2D eigenvalue weighted by atomic mass is 15.3. The lowest BCUT2D eigenvalue weighted by molar-refractivity contribution is 0.516. The van der Waals surface area contributed by atoms with Crippen LogP contribution in [0.1, 0.15) is 44.0 Å². The summed E-state index contributed by atoms with van der Waals surface area (Å²) in [5.74, 6) is 0. The Morgan fingerprint density at radius 3 is 2.80 bits per heavy atom. The number of rotatable bonds is 8. The molecule has 2 aromatic heterocycles. The molecule has 0 saturated carbocycles. The molecule has 2 rings (SSSR count). The molecule has 110 valence electrons. The molecule has 5 heteroatoms. The molecule has 1 atom stereocenters. The standard InChI is InChI=1S/C15H25N5/c1-4-8-16-15(5-2)13-11-18-20(12-13)10-7-14-6-9-17-19(14)3/h6,9,11-12,15-16H,4-5,7-8,10H2,1-3H3. The molecule has 0 aliphatic heterocycles. The second kappa shape index (κ2) is 7.24. The Labute approximate surface area is 121 Å². The van der Waals surface area contributed by atoms with E-state index in [4.69, 9.17) is 0 Å². The molecular weight excluding hydrogens is 250 g/mol. The predicted octanol–water partition coefficient (Wildman–Crippen LogP) is 2.31. The molecule has 0 aliphatic carbocycles. The molecule has 20 heavy (non-hydrogen) atoms. The monoisotopic (exact) mass is 275 g/mol. The third kappa shape index (κ3) is 3.70. The van der Waals surface area contributed by atoms with Crippen LogP contribution in [0.15, 0.2) is 24.7 Å². The Kier molecular flexibility index (Phi) is 5.35. The van der Waals surface area contributed by atoms with Crippen LogP contribution in [0.3, 0.4) is 0 Å². The Morgan fingerprint density at radius 2 is 2.15 bits per heavy atom. The SMILES string of the molecule is CCCNC(CC)c1cnn(CCc2ccnn2C)c1. The Bertz CT molecular complexity index is 514. The fourth-order valence-electron chi connectivity index (χ4n) is 2.37. The second-order valence-corrected chi connectivity index (χ2v) is 5.15. The van der Waals surface area contributed by atoms with Crippen molar-refractivity contribution in [3.8, 4) is 0 Å². The van der Waals surface area contributed by atoms with Crippen LogP contribution in [0.25, 0.3) is 0 Å². The van der Waals surface area contributed by atoms with Crippen LogP contribution in [0.4, 0.5) is 0 Å². The van der Waals surface area contributed by atoms with Gasteiger partial charge in [-0.15, -0.1) is 0 Å². The first-order chi connectivity index (χ1) is 9.74. The molecule has 0 amide bonds. The predicted molar refractivity (Wildman–Crippen MR) is 80.5 cm³/mol. The summed E-state index contributed by atoms with van der Waals surface area (Å²) in [7, 11) is 1.98. The number of hydrogen-bond donors (Lipinski definition) is 1. The van der Waals surface area contributed by atoms with Crippen LogP contribution in [-0.4, -0.2) is 26.1 Å². The van der Waals surface area contributed by atoms with Crippen molar-refractivity contribution in [2.45, 2.75) is 45.7 Å². The zero-order valence-corrected chi connectivity index (χ0v) is 12.7. The average molecular weight is 275 g/mol. The summed E-state index contributed by atoms with van der Waals surface area (Å²) in [5, 5.41) is 12.2. The van der Waals surface area contributed by atoms with Gasteiger partial charge in [-0.3, -0.25) is 9.36 Å². The maximum atomic E-state index is 4.47. The quantitative estimate of drug-likeness (QED) is 0.804. The third-order valence-electron chi connectivity index (χ3n) is 3.62. The van der Waals surface area contributed by atoms with Gasteiger partial charge in [0.25, 0.3) is 0 Å². The molecule has 2 heterocycles. The molecule has 0 spiro atoms.